The summed E-state index contributed by atoms with van der Waals surface area (Å²) in [5.74, 6) is 0.771. The van der Waals surface area contributed by atoms with E-state index in [2.05, 4.69) is 20.8 Å². The zero-order chi connectivity index (χ0) is 11.5. The summed E-state index contributed by atoms with van der Waals surface area (Å²) < 4.78 is 5.77. The molecule has 0 fully saturated rings. The zero-order valence-electron chi connectivity index (χ0n) is 10.1. The van der Waals surface area contributed by atoms with Crippen LogP contribution in [0, 0.1) is 6.92 Å². The molecule has 0 aliphatic carbocycles. The van der Waals surface area contributed by atoms with Gasteiger partial charge in [-0.15, -0.1) is 0 Å². The second kappa shape index (κ2) is 4.79. The molecule has 0 bridgehead atoms. The van der Waals surface area contributed by atoms with Crippen LogP contribution in [0.2, 0.25) is 18.1 Å². The molecule has 15 heavy (non-hydrogen) atoms. The number of carbonyl (C=O) groups excluding carboxylic acids is 1. The lowest BCUT2D eigenvalue weighted by molar-refractivity contribution is 0.112. The summed E-state index contributed by atoms with van der Waals surface area (Å²) in [5.41, 5.74) is 0.720. The first kappa shape index (κ1) is 12.2. The third-order valence-corrected chi connectivity index (χ3v) is 8.99. The summed E-state index contributed by atoms with van der Waals surface area (Å²) in [6.07, 6.45) is 0.891. The van der Waals surface area contributed by atoms with E-state index in [1.54, 1.807) is 0 Å². The summed E-state index contributed by atoms with van der Waals surface area (Å²) in [6, 6.07) is 5.52. The average Bonchev–Trinajstić information content (AvgIpc) is 2.64. The van der Waals surface area contributed by atoms with E-state index < -0.39 is 8.07 Å². The van der Waals surface area contributed by atoms with Gasteiger partial charge in [-0.25, -0.2) is 0 Å². The molecule has 0 atom stereocenters. The predicted octanol–water partition coefficient (Wildman–Crippen LogP) is 3.12. The molecule has 0 aromatic carbocycles. The molecule has 0 radical (unpaired) electrons. The summed E-state index contributed by atoms with van der Waals surface area (Å²) in [4.78, 5) is 10.8. The van der Waals surface area contributed by atoms with Crippen molar-refractivity contribution in [3.05, 3.63) is 17.4 Å². The average molecular weight is 224 g/mol. The first-order chi connectivity index (χ1) is 7.13. The van der Waals surface area contributed by atoms with Crippen molar-refractivity contribution in [2.75, 3.05) is 0 Å². The lowest BCUT2D eigenvalue weighted by Gasteiger charge is -2.24. The van der Waals surface area contributed by atoms with Crippen molar-refractivity contribution in [3.8, 4) is 0 Å². The van der Waals surface area contributed by atoms with Crippen LogP contribution in [0.5, 0.6) is 0 Å². The molecule has 0 amide bonds. The smallest absolute Gasteiger partial charge is 0.153 e. The number of furan rings is 1. The molecule has 1 heterocycles. The van der Waals surface area contributed by atoms with Crippen molar-refractivity contribution in [1.82, 2.24) is 0 Å². The van der Waals surface area contributed by atoms with Crippen LogP contribution in [0.4, 0.5) is 0 Å². The van der Waals surface area contributed by atoms with Crippen molar-refractivity contribution < 1.29 is 9.21 Å². The highest BCUT2D eigenvalue weighted by atomic mass is 28.3. The maximum atomic E-state index is 10.8. The van der Waals surface area contributed by atoms with Gasteiger partial charge in [0.1, 0.15) is 13.8 Å². The van der Waals surface area contributed by atoms with Crippen LogP contribution < -0.4 is 5.38 Å². The van der Waals surface area contributed by atoms with Crippen molar-refractivity contribution in [3.63, 3.8) is 0 Å². The van der Waals surface area contributed by atoms with Crippen LogP contribution >= 0.6 is 0 Å². The first-order valence-electron chi connectivity index (χ1n) is 5.69. The second-order valence-corrected chi connectivity index (χ2v) is 9.26. The Kier molecular flexibility index (Phi) is 3.91. The fraction of sp³-hybridized carbons (Fsp3) is 0.583. The molecule has 84 valence electrons. The van der Waals surface area contributed by atoms with Gasteiger partial charge in [0.2, 0.25) is 0 Å². The summed E-state index contributed by atoms with van der Waals surface area (Å²) in [7, 11) is -1.45. The number of aldehydes is 1. The monoisotopic (exact) mass is 224 g/mol. The topological polar surface area (TPSA) is 30.2 Å². The second-order valence-electron chi connectivity index (χ2n) is 4.08. The normalized spacial score (nSPS) is 11.7. The van der Waals surface area contributed by atoms with Gasteiger partial charge in [-0.3, -0.25) is 4.79 Å². The van der Waals surface area contributed by atoms with Gasteiger partial charge in [0.25, 0.3) is 0 Å². The molecule has 0 unspecified atom stereocenters. The quantitative estimate of drug-likeness (QED) is 0.568. The van der Waals surface area contributed by atoms with E-state index in [0.717, 1.165) is 23.0 Å². The zero-order valence-corrected chi connectivity index (χ0v) is 11.1. The van der Waals surface area contributed by atoms with E-state index in [-0.39, 0.29) is 0 Å². The van der Waals surface area contributed by atoms with Gasteiger partial charge in [-0.1, -0.05) is 38.9 Å². The van der Waals surface area contributed by atoms with Crippen LogP contribution in [-0.2, 0) is 0 Å². The highest BCUT2D eigenvalue weighted by Gasteiger charge is 2.33. The minimum atomic E-state index is -1.45. The van der Waals surface area contributed by atoms with E-state index in [1.807, 2.05) is 13.0 Å². The number of rotatable bonds is 5. The van der Waals surface area contributed by atoms with Crippen molar-refractivity contribution in [1.29, 1.82) is 0 Å². The maximum Gasteiger partial charge on any atom is 0.153 e. The molecule has 1 aromatic heterocycles. The fourth-order valence-electron chi connectivity index (χ4n) is 2.15. The highest BCUT2D eigenvalue weighted by Crippen LogP contribution is 2.22. The number of aryl methyl sites for hydroxylation is 1. The molecule has 0 spiro atoms. The van der Waals surface area contributed by atoms with Crippen LogP contribution in [0.3, 0.4) is 0 Å². The van der Waals surface area contributed by atoms with E-state index in [4.69, 9.17) is 4.42 Å². The van der Waals surface area contributed by atoms with Crippen molar-refractivity contribution in [2.45, 2.75) is 45.8 Å². The van der Waals surface area contributed by atoms with Crippen LogP contribution in [0.1, 0.15) is 36.9 Å². The molecular weight excluding hydrogens is 204 g/mol. The van der Waals surface area contributed by atoms with Gasteiger partial charge in [0, 0.05) is 0 Å². The molecule has 3 heteroatoms. The Bertz CT molecular complexity index is 329. The maximum absolute atomic E-state index is 10.8. The minimum Gasteiger partial charge on any atom is -0.471 e. The number of hydrogen-bond acceptors (Lipinski definition) is 2. The summed E-state index contributed by atoms with van der Waals surface area (Å²) >= 11 is 0. The number of carbonyl (C=O) groups is 1. The third-order valence-electron chi connectivity index (χ3n) is 3.64. The van der Waals surface area contributed by atoms with Crippen LogP contribution in [0.25, 0.3) is 0 Å². The molecule has 1 rings (SSSR count). The van der Waals surface area contributed by atoms with E-state index in [9.17, 15) is 4.79 Å². The SMILES string of the molecule is CC[Si](CC)(CC)c1cc(C=O)c(C)o1. The third kappa shape index (κ3) is 2.07. The Hall–Kier alpha value is -0.833. The lowest BCUT2D eigenvalue weighted by atomic mass is 10.3. The van der Waals surface area contributed by atoms with Gasteiger partial charge in [-0.2, -0.15) is 0 Å². The van der Waals surface area contributed by atoms with E-state index in [0.29, 0.717) is 0 Å². The summed E-state index contributed by atoms with van der Waals surface area (Å²) in [6.45, 7) is 8.57. The Labute approximate surface area is 92.7 Å². The molecule has 0 N–H and O–H groups in total. The van der Waals surface area contributed by atoms with Gasteiger partial charge < -0.3 is 4.42 Å². The van der Waals surface area contributed by atoms with Crippen molar-refractivity contribution >= 4 is 19.7 Å². The Morgan fingerprint density at radius 3 is 2.13 bits per heavy atom. The predicted molar refractivity (Wildman–Crippen MR) is 65.7 cm³/mol. The van der Waals surface area contributed by atoms with Crippen molar-refractivity contribution in [2.24, 2.45) is 0 Å². The lowest BCUT2D eigenvalue weighted by Crippen LogP contribution is -2.44. The summed E-state index contributed by atoms with van der Waals surface area (Å²) in [5, 5.41) is 1.11. The first-order valence-corrected chi connectivity index (χ1v) is 8.31. The molecule has 0 aliphatic heterocycles. The van der Waals surface area contributed by atoms with Gasteiger partial charge in [0.15, 0.2) is 6.29 Å². The minimum absolute atomic E-state index is 0.720. The highest BCUT2D eigenvalue weighted by molar-refractivity contribution is 6.90. The molecule has 0 aliphatic rings. The van der Waals surface area contributed by atoms with E-state index >= 15 is 0 Å². The fourth-order valence-corrected chi connectivity index (χ4v) is 5.52. The van der Waals surface area contributed by atoms with E-state index in [1.165, 1.54) is 18.1 Å². The Morgan fingerprint density at radius 2 is 1.80 bits per heavy atom. The van der Waals surface area contributed by atoms with Gasteiger partial charge in [0.05, 0.1) is 10.9 Å². The van der Waals surface area contributed by atoms with Crippen LogP contribution in [-0.4, -0.2) is 14.4 Å². The molecule has 1 aromatic rings. The number of hydrogen-bond donors (Lipinski definition) is 0. The largest absolute Gasteiger partial charge is 0.471 e. The van der Waals surface area contributed by atoms with Gasteiger partial charge >= 0.3 is 0 Å². The van der Waals surface area contributed by atoms with Gasteiger partial charge in [-0.05, 0) is 13.0 Å². The van der Waals surface area contributed by atoms with Crippen LogP contribution in [0.15, 0.2) is 10.5 Å². The Morgan fingerprint density at radius 1 is 1.27 bits per heavy atom. The molecule has 0 saturated carbocycles. The standard InChI is InChI=1S/C12H20O2Si/c1-5-15(6-2,7-3)12-8-11(9-13)10(4)14-12/h8-9H,5-7H2,1-4H3. The Balaban J connectivity index is 3.17. The molecular formula is C12H20O2Si. The molecule has 2 nitrogen and oxygen atoms in total. The molecule has 0 saturated heterocycles.